The van der Waals surface area contributed by atoms with Gasteiger partial charge in [0.1, 0.15) is 5.01 Å². The Morgan fingerprint density at radius 3 is 2.88 bits per heavy atom. The highest BCUT2D eigenvalue weighted by Crippen LogP contribution is 2.19. The standard InChI is InChI=1S/C11H20N4OS/c1-3-12-11-14-13-10(17-11)8-15(2)9-4-6-16-7-5-9/h9H,3-8H2,1-2H3,(H,12,14). The predicted octanol–water partition coefficient (Wildman–Crippen LogP) is 1.58. The van der Waals surface area contributed by atoms with Crippen LogP contribution < -0.4 is 5.32 Å². The summed E-state index contributed by atoms with van der Waals surface area (Å²) in [4.78, 5) is 2.36. The molecule has 1 aliphatic heterocycles. The van der Waals surface area contributed by atoms with Gasteiger partial charge in [-0.1, -0.05) is 11.3 Å². The van der Waals surface area contributed by atoms with Crippen LogP contribution in [0.1, 0.15) is 24.8 Å². The van der Waals surface area contributed by atoms with Crippen LogP contribution in [0.4, 0.5) is 5.13 Å². The van der Waals surface area contributed by atoms with E-state index in [2.05, 4.69) is 34.4 Å². The van der Waals surface area contributed by atoms with E-state index >= 15 is 0 Å². The van der Waals surface area contributed by atoms with Gasteiger partial charge in [-0.05, 0) is 26.8 Å². The second-order valence-corrected chi connectivity index (χ2v) is 5.35. The highest BCUT2D eigenvalue weighted by molar-refractivity contribution is 7.15. The molecule has 2 heterocycles. The quantitative estimate of drug-likeness (QED) is 0.867. The average molecular weight is 256 g/mol. The van der Waals surface area contributed by atoms with E-state index in [4.69, 9.17) is 4.74 Å². The number of rotatable bonds is 5. The molecule has 0 spiro atoms. The number of hydrogen-bond acceptors (Lipinski definition) is 6. The van der Waals surface area contributed by atoms with Gasteiger partial charge < -0.3 is 10.1 Å². The summed E-state index contributed by atoms with van der Waals surface area (Å²) in [5, 5.41) is 13.5. The SMILES string of the molecule is CCNc1nnc(CN(C)C2CCOCC2)s1. The van der Waals surface area contributed by atoms with Crippen molar-refractivity contribution >= 4 is 16.5 Å². The molecular weight excluding hydrogens is 236 g/mol. The van der Waals surface area contributed by atoms with Crippen molar-refractivity contribution in [3.63, 3.8) is 0 Å². The van der Waals surface area contributed by atoms with Crippen molar-refractivity contribution in [1.29, 1.82) is 0 Å². The highest BCUT2D eigenvalue weighted by atomic mass is 32.1. The van der Waals surface area contributed by atoms with Gasteiger partial charge >= 0.3 is 0 Å². The number of aromatic nitrogens is 2. The molecule has 1 saturated heterocycles. The van der Waals surface area contributed by atoms with Crippen LogP contribution in [0.3, 0.4) is 0 Å². The Morgan fingerprint density at radius 1 is 1.41 bits per heavy atom. The Kier molecular flexibility index (Phi) is 4.70. The van der Waals surface area contributed by atoms with Gasteiger partial charge in [-0.2, -0.15) is 0 Å². The molecule has 1 fully saturated rings. The van der Waals surface area contributed by atoms with Gasteiger partial charge in [-0.3, -0.25) is 4.90 Å². The van der Waals surface area contributed by atoms with Crippen LogP contribution in [0.15, 0.2) is 0 Å². The molecule has 96 valence electrons. The zero-order valence-corrected chi connectivity index (χ0v) is 11.3. The Bertz CT molecular complexity index is 338. The van der Waals surface area contributed by atoms with E-state index in [1.54, 1.807) is 11.3 Å². The third kappa shape index (κ3) is 3.62. The topological polar surface area (TPSA) is 50.3 Å². The molecule has 1 N–H and O–H groups in total. The molecule has 0 bridgehead atoms. The molecule has 5 nitrogen and oxygen atoms in total. The summed E-state index contributed by atoms with van der Waals surface area (Å²) < 4.78 is 5.37. The van der Waals surface area contributed by atoms with Gasteiger partial charge in [-0.15, -0.1) is 10.2 Å². The van der Waals surface area contributed by atoms with E-state index in [1.807, 2.05) is 0 Å². The maximum atomic E-state index is 5.37. The maximum absolute atomic E-state index is 5.37. The Hall–Kier alpha value is -0.720. The van der Waals surface area contributed by atoms with Crippen LogP contribution in [-0.2, 0) is 11.3 Å². The first-order valence-electron chi connectivity index (χ1n) is 6.14. The normalized spacial score (nSPS) is 17.6. The first-order valence-corrected chi connectivity index (χ1v) is 6.95. The molecule has 0 aliphatic carbocycles. The van der Waals surface area contributed by atoms with Crippen molar-refractivity contribution < 1.29 is 4.74 Å². The van der Waals surface area contributed by atoms with Crippen LogP contribution in [-0.4, -0.2) is 47.9 Å². The predicted molar refractivity (Wildman–Crippen MR) is 69.4 cm³/mol. The monoisotopic (exact) mass is 256 g/mol. The number of ether oxygens (including phenoxy) is 1. The van der Waals surface area contributed by atoms with Crippen molar-refractivity contribution in [2.75, 3.05) is 32.1 Å². The van der Waals surface area contributed by atoms with Gasteiger partial charge in [0.05, 0.1) is 6.54 Å². The number of hydrogen-bond donors (Lipinski definition) is 1. The third-order valence-electron chi connectivity index (χ3n) is 2.99. The van der Waals surface area contributed by atoms with Crippen molar-refractivity contribution in [3.05, 3.63) is 5.01 Å². The summed E-state index contributed by atoms with van der Waals surface area (Å²) in [6, 6.07) is 0.621. The lowest BCUT2D eigenvalue weighted by molar-refractivity contribution is 0.0406. The molecule has 0 saturated carbocycles. The molecule has 1 aliphatic rings. The van der Waals surface area contributed by atoms with Gasteiger partial charge in [-0.25, -0.2) is 0 Å². The van der Waals surface area contributed by atoms with E-state index in [0.29, 0.717) is 6.04 Å². The van der Waals surface area contributed by atoms with Crippen molar-refractivity contribution in [2.45, 2.75) is 32.4 Å². The minimum Gasteiger partial charge on any atom is -0.381 e. The van der Waals surface area contributed by atoms with Crippen LogP contribution in [0.5, 0.6) is 0 Å². The number of nitrogens with zero attached hydrogens (tertiary/aromatic N) is 3. The van der Waals surface area contributed by atoms with Crippen molar-refractivity contribution in [3.8, 4) is 0 Å². The molecule has 1 aromatic heterocycles. The lowest BCUT2D eigenvalue weighted by atomic mass is 10.1. The fourth-order valence-electron chi connectivity index (χ4n) is 2.01. The van der Waals surface area contributed by atoms with Crippen molar-refractivity contribution in [2.24, 2.45) is 0 Å². The van der Waals surface area contributed by atoms with E-state index in [-0.39, 0.29) is 0 Å². The minimum absolute atomic E-state index is 0.621. The third-order valence-corrected chi connectivity index (χ3v) is 3.86. The van der Waals surface area contributed by atoms with Gasteiger partial charge in [0.25, 0.3) is 0 Å². The lowest BCUT2D eigenvalue weighted by Crippen LogP contribution is -2.36. The second kappa shape index (κ2) is 6.28. The van der Waals surface area contributed by atoms with Crippen LogP contribution in [0, 0.1) is 0 Å². The molecule has 0 radical (unpaired) electrons. The Morgan fingerprint density at radius 2 is 2.18 bits per heavy atom. The van der Waals surface area contributed by atoms with Crippen LogP contribution >= 0.6 is 11.3 Å². The van der Waals surface area contributed by atoms with E-state index in [9.17, 15) is 0 Å². The summed E-state index contributed by atoms with van der Waals surface area (Å²) in [5.41, 5.74) is 0. The largest absolute Gasteiger partial charge is 0.381 e. The summed E-state index contributed by atoms with van der Waals surface area (Å²) in [6.07, 6.45) is 2.24. The van der Waals surface area contributed by atoms with E-state index in [1.165, 1.54) is 0 Å². The second-order valence-electron chi connectivity index (χ2n) is 4.29. The summed E-state index contributed by atoms with van der Waals surface area (Å²) >= 11 is 1.64. The average Bonchev–Trinajstić information content (AvgIpc) is 2.78. The zero-order valence-electron chi connectivity index (χ0n) is 10.5. The van der Waals surface area contributed by atoms with Gasteiger partial charge in [0.2, 0.25) is 5.13 Å². The Balaban J connectivity index is 1.85. The molecule has 0 atom stereocenters. The zero-order chi connectivity index (χ0) is 12.1. The Labute approximate surface area is 106 Å². The van der Waals surface area contributed by atoms with E-state index < -0.39 is 0 Å². The summed E-state index contributed by atoms with van der Waals surface area (Å²) in [7, 11) is 2.16. The van der Waals surface area contributed by atoms with Crippen LogP contribution in [0.2, 0.25) is 0 Å². The molecule has 0 aromatic carbocycles. The molecule has 6 heteroatoms. The lowest BCUT2D eigenvalue weighted by Gasteiger charge is -2.30. The maximum Gasteiger partial charge on any atom is 0.205 e. The summed E-state index contributed by atoms with van der Waals surface area (Å²) in [5.74, 6) is 0. The molecule has 0 unspecified atom stereocenters. The highest BCUT2D eigenvalue weighted by Gasteiger charge is 2.19. The fraction of sp³-hybridized carbons (Fsp3) is 0.818. The number of nitrogens with one attached hydrogen (secondary N) is 1. The molecule has 2 rings (SSSR count). The van der Waals surface area contributed by atoms with Crippen molar-refractivity contribution in [1.82, 2.24) is 15.1 Å². The molecule has 1 aromatic rings. The van der Waals surface area contributed by atoms with E-state index in [0.717, 1.165) is 49.3 Å². The smallest absolute Gasteiger partial charge is 0.205 e. The van der Waals surface area contributed by atoms with Gasteiger partial charge in [0, 0.05) is 25.8 Å². The van der Waals surface area contributed by atoms with Crippen LogP contribution in [0.25, 0.3) is 0 Å². The fourth-order valence-corrected chi connectivity index (χ4v) is 2.88. The van der Waals surface area contributed by atoms with Gasteiger partial charge in [0.15, 0.2) is 0 Å². The first-order chi connectivity index (χ1) is 8.29. The molecular formula is C11H20N4OS. The molecule has 17 heavy (non-hydrogen) atoms. The number of anilines is 1. The molecule has 0 amide bonds. The minimum atomic E-state index is 0.621. The summed E-state index contributed by atoms with van der Waals surface area (Å²) in [6.45, 7) is 5.61. The first kappa shape index (κ1) is 12.7.